The van der Waals surface area contributed by atoms with E-state index in [-0.39, 0.29) is 11.0 Å². The molecule has 4 rings (SSSR count). The first-order valence-corrected chi connectivity index (χ1v) is 8.77. The number of hydrogen-bond acceptors (Lipinski definition) is 5. The molecule has 0 aromatic carbocycles. The molecule has 0 bridgehead atoms. The van der Waals surface area contributed by atoms with Gasteiger partial charge < -0.3 is 5.11 Å². The summed E-state index contributed by atoms with van der Waals surface area (Å²) in [6.45, 7) is 3.55. The third-order valence-corrected chi connectivity index (χ3v) is 6.06. The lowest BCUT2D eigenvalue weighted by Gasteiger charge is -2.31. The maximum Gasteiger partial charge on any atom is 0.227 e. The van der Waals surface area contributed by atoms with Crippen LogP contribution in [0.1, 0.15) is 19.3 Å². The lowest BCUT2D eigenvalue weighted by atomic mass is 9.81. The Hall–Kier alpha value is -1.40. The van der Waals surface area contributed by atoms with Crippen LogP contribution in [0.2, 0.25) is 0 Å². The Labute approximate surface area is 134 Å². The molecule has 3 aliphatic heterocycles. The Morgan fingerprint density at radius 2 is 2.18 bits per heavy atom. The molecule has 0 amide bonds. The molecule has 1 fully saturated rings. The minimum absolute atomic E-state index is 0.0527. The summed E-state index contributed by atoms with van der Waals surface area (Å²) in [4.78, 5) is 19.3. The predicted molar refractivity (Wildman–Crippen MR) is 88.3 cm³/mol. The van der Waals surface area contributed by atoms with Gasteiger partial charge in [0.2, 0.25) is 12.7 Å². The van der Waals surface area contributed by atoms with Gasteiger partial charge in [0, 0.05) is 16.2 Å². The second-order valence-electron chi connectivity index (χ2n) is 6.36. The minimum atomic E-state index is -0.546. The molecule has 5 nitrogen and oxygen atoms in total. The number of thioether (sulfide) groups is 1. The average molecular weight is 318 g/mol. The molecule has 1 saturated heterocycles. The number of hydrogen-bond donors (Lipinski definition) is 1. The van der Waals surface area contributed by atoms with Crippen molar-refractivity contribution >= 4 is 16.8 Å². The van der Waals surface area contributed by atoms with Crippen LogP contribution < -0.4 is 0 Å². The summed E-state index contributed by atoms with van der Waals surface area (Å²) in [5, 5.41) is 11.1. The highest BCUT2D eigenvalue weighted by atomic mass is 32.2. The molecule has 22 heavy (non-hydrogen) atoms. The summed E-state index contributed by atoms with van der Waals surface area (Å²) < 4.78 is 0.991. The van der Waals surface area contributed by atoms with Gasteiger partial charge in [-0.3, -0.25) is 9.89 Å². The van der Waals surface area contributed by atoms with Crippen LogP contribution in [0.3, 0.4) is 0 Å². The fourth-order valence-electron chi connectivity index (χ4n) is 3.68. The first-order valence-electron chi connectivity index (χ1n) is 7.89. The standard InChI is InChI=1S/C16H19N3O2S/c20-13-5-4-12-9-19(21)10-14-16(12,8-13)17-15(22-14)11-18-6-2-1-3-7-18/h4-5,8-9,14H,1-3,6-7,10-11H2/p+1. The van der Waals surface area contributed by atoms with E-state index in [9.17, 15) is 10.0 Å². The zero-order valence-electron chi connectivity index (χ0n) is 12.4. The largest absolute Gasteiger partial charge is 0.508 e. The van der Waals surface area contributed by atoms with Gasteiger partial charge >= 0.3 is 0 Å². The number of nitrogens with zero attached hydrogens (tertiary/aromatic N) is 3. The number of aliphatic hydroxyl groups excluding tert-OH is 1. The number of piperidine rings is 1. The monoisotopic (exact) mass is 318 g/mol. The predicted octanol–water partition coefficient (Wildman–Crippen LogP) is 2.41. The van der Waals surface area contributed by atoms with E-state index in [0.29, 0.717) is 6.54 Å². The van der Waals surface area contributed by atoms with Crippen molar-refractivity contribution in [3.63, 3.8) is 0 Å². The summed E-state index contributed by atoms with van der Waals surface area (Å²) in [7, 11) is 0. The third-order valence-electron chi connectivity index (χ3n) is 4.78. The van der Waals surface area contributed by atoms with Gasteiger partial charge in [0.1, 0.15) is 16.5 Å². The van der Waals surface area contributed by atoms with Gasteiger partial charge in [0.25, 0.3) is 0 Å². The molecular weight excluding hydrogens is 298 g/mol. The third kappa shape index (κ3) is 2.34. The van der Waals surface area contributed by atoms with Crippen molar-refractivity contribution in [2.75, 3.05) is 26.2 Å². The Kier molecular flexibility index (Phi) is 3.46. The highest BCUT2D eigenvalue weighted by molar-refractivity contribution is 8.15. The van der Waals surface area contributed by atoms with E-state index in [1.165, 1.54) is 19.3 Å². The number of allylic oxidation sites excluding steroid dienone is 1. The normalized spacial score (nSPS) is 34.6. The molecule has 2 atom stereocenters. The first kappa shape index (κ1) is 14.2. The summed E-state index contributed by atoms with van der Waals surface area (Å²) in [6.07, 6.45) is 10.7. The van der Waals surface area contributed by atoms with Gasteiger partial charge in [0.15, 0.2) is 0 Å². The fourth-order valence-corrected chi connectivity index (χ4v) is 5.12. The van der Waals surface area contributed by atoms with E-state index in [1.54, 1.807) is 24.0 Å². The van der Waals surface area contributed by atoms with Crippen LogP contribution in [0.15, 0.2) is 40.8 Å². The van der Waals surface area contributed by atoms with Crippen LogP contribution in [-0.2, 0) is 0 Å². The molecule has 2 unspecified atom stereocenters. The van der Waals surface area contributed by atoms with Crippen LogP contribution in [0, 0.1) is 4.91 Å². The Balaban J connectivity index is 1.63. The van der Waals surface area contributed by atoms with E-state index in [2.05, 4.69) is 4.90 Å². The number of likely N-dealkylation sites (tertiary alicyclic amines) is 1. The average Bonchev–Trinajstić information content (AvgIpc) is 2.82. The van der Waals surface area contributed by atoms with Crippen molar-refractivity contribution in [2.45, 2.75) is 30.1 Å². The second kappa shape index (κ2) is 5.35. The van der Waals surface area contributed by atoms with Crippen LogP contribution in [-0.4, -0.2) is 56.8 Å². The molecule has 0 radical (unpaired) electrons. The van der Waals surface area contributed by atoms with Crippen molar-refractivity contribution in [1.29, 1.82) is 0 Å². The Morgan fingerprint density at radius 1 is 1.36 bits per heavy atom. The second-order valence-corrected chi connectivity index (χ2v) is 7.64. The molecular formula is C16H20N3O2S+. The lowest BCUT2D eigenvalue weighted by molar-refractivity contribution is -0.484. The fraction of sp³-hybridized carbons (Fsp3) is 0.562. The zero-order valence-corrected chi connectivity index (χ0v) is 13.3. The number of nitroso groups, excluding NO2 is 1. The number of aliphatic hydroxyl groups is 1. The Morgan fingerprint density at radius 3 is 3.00 bits per heavy atom. The molecule has 3 heterocycles. The van der Waals surface area contributed by atoms with E-state index in [0.717, 1.165) is 35.0 Å². The SMILES string of the molecule is O=[N+]1C=C2C=CC(O)=CC23N=C(CN2CCCCC2)SC3C1. The summed E-state index contributed by atoms with van der Waals surface area (Å²) >= 11 is 1.71. The van der Waals surface area contributed by atoms with Gasteiger partial charge in [-0.05, 0) is 44.2 Å². The highest BCUT2D eigenvalue weighted by Gasteiger charge is 2.53. The van der Waals surface area contributed by atoms with Crippen LogP contribution in [0.25, 0.3) is 0 Å². The molecule has 1 N–H and O–H groups in total. The molecule has 4 aliphatic rings. The van der Waals surface area contributed by atoms with Crippen molar-refractivity contribution in [2.24, 2.45) is 4.99 Å². The number of aliphatic imine (C=N–C) groups is 1. The van der Waals surface area contributed by atoms with Gasteiger partial charge in [-0.2, -0.15) is 0 Å². The van der Waals surface area contributed by atoms with Gasteiger partial charge in [0.05, 0.1) is 10.6 Å². The molecule has 0 saturated carbocycles. The maximum absolute atomic E-state index is 11.9. The maximum atomic E-state index is 11.9. The number of rotatable bonds is 2. The van der Waals surface area contributed by atoms with Gasteiger partial charge in [-0.15, -0.1) is 0 Å². The van der Waals surface area contributed by atoms with Crippen molar-refractivity contribution in [1.82, 2.24) is 4.90 Å². The van der Waals surface area contributed by atoms with E-state index in [1.807, 2.05) is 12.2 Å². The van der Waals surface area contributed by atoms with E-state index in [4.69, 9.17) is 4.99 Å². The topological polar surface area (TPSA) is 55.9 Å². The van der Waals surface area contributed by atoms with Gasteiger partial charge in [-0.1, -0.05) is 18.2 Å². The molecule has 0 aromatic rings. The molecule has 6 heteroatoms. The summed E-state index contributed by atoms with van der Waals surface area (Å²) in [6, 6.07) is 0. The van der Waals surface area contributed by atoms with Crippen LogP contribution in [0.4, 0.5) is 0 Å². The van der Waals surface area contributed by atoms with Crippen molar-refractivity contribution < 1.29 is 9.87 Å². The van der Waals surface area contributed by atoms with E-state index >= 15 is 0 Å². The lowest BCUT2D eigenvalue weighted by Crippen LogP contribution is -2.44. The molecule has 0 aromatic heterocycles. The van der Waals surface area contributed by atoms with Crippen molar-refractivity contribution in [3.05, 3.63) is 40.7 Å². The van der Waals surface area contributed by atoms with Crippen LogP contribution >= 0.6 is 11.8 Å². The summed E-state index contributed by atoms with van der Waals surface area (Å²) in [5.41, 5.74) is 0.341. The Bertz CT molecular complexity index is 631. The summed E-state index contributed by atoms with van der Waals surface area (Å²) in [5.74, 6) is 0.241. The van der Waals surface area contributed by atoms with E-state index < -0.39 is 5.54 Å². The first-order chi connectivity index (χ1) is 10.7. The van der Waals surface area contributed by atoms with Gasteiger partial charge in [-0.25, -0.2) is 0 Å². The smallest absolute Gasteiger partial charge is 0.227 e. The molecule has 1 spiro atoms. The van der Waals surface area contributed by atoms with Crippen molar-refractivity contribution in [3.8, 4) is 0 Å². The zero-order chi connectivity index (χ0) is 15.2. The molecule has 116 valence electrons. The molecule has 1 aliphatic carbocycles. The quantitative estimate of drug-likeness (QED) is 0.795. The highest BCUT2D eigenvalue weighted by Crippen LogP contribution is 2.46. The van der Waals surface area contributed by atoms with Crippen LogP contribution in [0.5, 0.6) is 0 Å². The minimum Gasteiger partial charge on any atom is -0.508 e.